The van der Waals surface area contributed by atoms with Crippen molar-refractivity contribution >= 4 is 33.2 Å². The molecule has 92 valence electrons. The summed E-state index contributed by atoms with van der Waals surface area (Å²) in [5, 5.41) is 11.0. The van der Waals surface area contributed by atoms with Crippen LogP contribution in [0, 0.1) is 18.3 Å². The van der Waals surface area contributed by atoms with Crippen LogP contribution in [-0.4, -0.2) is 4.98 Å². The normalized spacial score (nSPS) is 10.5. The minimum absolute atomic E-state index is 0.730. The number of hydrogen-bond donors (Lipinski definition) is 0. The van der Waals surface area contributed by atoms with Gasteiger partial charge >= 0.3 is 0 Å². The number of fused-ring (bicyclic) bond motifs is 1. The van der Waals surface area contributed by atoms with Crippen LogP contribution < -0.4 is 0 Å². The van der Waals surface area contributed by atoms with E-state index < -0.39 is 0 Å². The van der Waals surface area contributed by atoms with Crippen LogP contribution in [0.1, 0.15) is 10.4 Å². The highest BCUT2D eigenvalue weighted by Crippen LogP contribution is 2.35. The van der Waals surface area contributed by atoms with E-state index in [0.29, 0.717) is 0 Å². The van der Waals surface area contributed by atoms with Crippen LogP contribution in [-0.2, 0) is 0 Å². The largest absolute Gasteiger partial charge is 0.249 e. The Kier molecular flexibility index (Phi) is 3.24. The highest BCUT2D eigenvalue weighted by atomic mass is 32.2. The number of benzene rings is 1. The van der Waals surface area contributed by atoms with Crippen molar-refractivity contribution in [2.45, 2.75) is 16.8 Å². The van der Waals surface area contributed by atoms with E-state index in [9.17, 15) is 0 Å². The molecule has 0 unspecified atom stereocenters. The van der Waals surface area contributed by atoms with E-state index in [2.05, 4.69) is 42.2 Å². The van der Waals surface area contributed by atoms with Gasteiger partial charge in [-0.15, -0.1) is 11.3 Å². The first-order valence-electron chi connectivity index (χ1n) is 5.79. The molecule has 0 saturated heterocycles. The summed E-state index contributed by atoms with van der Waals surface area (Å²) in [6, 6.07) is 14.5. The lowest BCUT2D eigenvalue weighted by molar-refractivity contribution is 1.18. The smallest absolute Gasteiger partial charge is 0.110 e. The number of aromatic nitrogens is 1. The second kappa shape index (κ2) is 5.04. The first-order chi connectivity index (χ1) is 9.26. The zero-order valence-electron chi connectivity index (χ0n) is 10.3. The number of nitriles is 1. The molecule has 0 radical (unpaired) electrons. The van der Waals surface area contributed by atoms with Crippen LogP contribution in [0.4, 0.5) is 0 Å². The van der Waals surface area contributed by atoms with Crippen molar-refractivity contribution in [2.24, 2.45) is 0 Å². The van der Waals surface area contributed by atoms with Crippen molar-refractivity contribution in [2.75, 3.05) is 0 Å². The number of pyridine rings is 1. The first-order valence-corrected chi connectivity index (χ1v) is 7.43. The molecule has 0 bridgehead atoms. The standard InChI is InChI=1S/C15H10N2S2/c1-10-2-4-11(5-3-10)19-15-13-8-12(9-16)18-14(13)6-7-17-15/h2-8H,1H3. The van der Waals surface area contributed by atoms with Crippen LogP contribution in [0.5, 0.6) is 0 Å². The molecule has 1 aromatic carbocycles. The zero-order chi connectivity index (χ0) is 13.2. The lowest BCUT2D eigenvalue weighted by Crippen LogP contribution is -1.80. The third-order valence-corrected chi connectivity index (χ3v) is 4.79. The van der Waals surface area contributed by atoms with Crippen molar-refractivity contribution in [1.29, 1.82) is 5.26 Å². The van der Waals surface area contributed by atoms with Gasteiger partial charge in [0.2, 0.25) is 0 Å². The Bertz CT molecular complexity index is 767. The van der Waals surface area contributed by atoms with Gasteiger partial charge in [-0.25, -0.2) is 4.98 Å². The van der Waals surface area contributed by atoms with Gasteiger partial charge in [-0.3, -0.25) is 0 Å². The monoisotopic (exact) mass is 282 g/mol. The second-order valence-corrected chi connectivity index (χ2v) is 6.31. The quantitative estimate of drug-likeness (QED) is 0.687. The average molecular weight is 282 g/mol. The first kappa shape index (κ1) is 12.2. The minimum Gasteiger partial charge on any atom is -0.249 e. The van der Waals surface area contributed by atoms with E-state index in [4.69, 9.17) is 5.26 Å². The van der Waals surface area contributed by atoms with Crippen molar-refractivity contribution < 1.29 is 0 Å². The van der Waals surface area contributed by atoms with E-state index in [-0.39, 0.29) is 0 Å². The summed E-state index contributed by atoms with van der Waals surface area (Å²) in [4.78, 5) is 6.33. The van der Waals surface area contributed by atoms with Gasteiger partial charge < -0.3 is 0 Å². The Labute approximate surface area is 119 Å². The Balaban J connectivity index is 2.03. The van der Waals surface area contributed by atoms with Crippen LogP contribution in [0.15, 0.2) is 52.5 Å². The van der Waals surface area contributed by atoms with Crippen molar-refractivity contribution in [1.82, 2.24) is 4.98 Å². The molecular formula is C15H10N2S2. The predicted molar refractivity (Wildman–Crippen MR) is 79.6 cm³/mol. The minimum atomic E-state index is 0.730. The molecule has 2 aromatic heterocycles. The number of hydrogen-bond acceptors (Lipinski definition) is 4. The summed E-state index contributed by atoms with van der Waals surface area (Å²) in [5.74, 6) is 0. The summed E-state index contributed by atoms with van der Waals surface area (Å²) in [7, 11) is 0. The van der Waals surface area contributed by atoms with E-state index in [1.165, 1.54) is 16.9 Å². The van der Waals surface area contributed by atoms with Gasteiger partial charge in [0.15, 0.2) is 0 Å². The van der Waals surface area contributed by atoms with E-state index >= 15 is 0 Å². The van der Waals surface area contributed by atoms with Gasteiger partial charge in [-0.1, -0.05) is 29.5 Å². The number of rotatable bonds is 2. The molecule has 3 rings (SSSR count). The van der Waals surface area contributed by atoms with Crippen molar-refractivity contribution in [3.05, 3.63) is 53.0 Å². The van der Waals surface area contributed by atoms with Crippen molar-refractivity contribution in [3.8, 4) is 6.07 Å². The highest BCUT2D eigenvalue weighted by Gasteiger charge is 2.08. The molecule has 0 saturated carbocycles. The summed E-state index contributed by atoms with van der Waals surface area (Å²) >= 11 is 3.15. The molecule has 4 heteroatoms. The van der Waals surface area contributed by atoms with Crippen LogP contribution in [0.2, 0.25) is 0 Å². The fourth-order valence-corrected chi connectivity index (χ4v) is 3.60. The third-order valence-electron chi connectivity index (χ3n) is 2.75. The molecular weight excluding hydrogens is 272 g/mol. The number of nitrogens with zero attached hydrogens (tertiary/aromatic N) is 2. The maximum atomic E-state index is 8.98. The number of thiophene rings is 1. The molecule has 0 N–H and O–H groups in total. The topological polar surface area (TPSA) is 36.7 Å². The lowest BCUT2D eigenvalue weighted by atomic mass is 10.2. The van der Waals surface area contributed by atoms with Gasteiger partial charge in [0.05, 0.1) is 0 Å². The lowest BCUT2D eigenvalue weighted by Gasteiger charge is -2.02. The SMILES string of the molecule is Cc1ccc(Sc2nccc3sc(C#N)cc23)cc1. The van der Waals surface area contributed by atoms with E-state index in [1.807, 2.05) is 12.1 Å². The van der Waals surface area contributed by atoms with Crippen LogP contribution >= 0.6 is 23.1 Å². The van der Waals surface area contributed by atoms with Gasteiger partial charge in [0.1, 0.15) is 16.0 Å². The molecule has 19 heavy (non-hydrogen) atoms. The summed E-state index contributed by atoms with van der Waals surface area (Å²) in [5.41, 5.74) is 1.25. The van der Waals surface area contributed by atoms with Crippen LogP contribution in [0.3, 0.4) is 0 Å². The Hall–Kier alpha value is -1.83. The molecule has 0 aliphatic carbocycles. The molecule has 2 heterocycles. The second-order valence-electron chi connectivity index (χ2n) is 4.17. The van der Waals surface area contributed by atoms with Gasteiger partial charge in [0.25, 0.3) is 0 Å². The summed E-state index contributed by atoms with van der Waals surface area (Å²) in [6.45, 7) is 2.07. The summed E-state index contributed by atoms with van der Waals surface area (Å²) < 4.78 is 1.11. The van der Waals surface area contributed by atoms with Crippen molar-refractivity contribution in [3.63, 3.8) is 0 Å². The van der Waals surface area contributed by atoms with Crippen LogP contribution in [0.25, 0.3) is 10.1 Å². The molecule has 2 nitrogen and oxygen atoms in total. The van der Waals surface area contributed by atoms with E-state index in [1.54, 1.807) is 18.0 Å². The average Bonchev–Trinajstić information content (AvgIpc) is 2.85. The maximum absolute atomic E-state index is 8.98. The van der Waals surface area contributed by atoms with Gasteiger partial charge in [-0.05, 0) is 31.2 Å². The predicted octanol–water partition coefficient (Wildman–Crippen LogP) is 4.63. The molecule has 0 spiro atoms. The maximum Gasteiger partial charge on any atom is 0.110 e. The third kappa shape index (κ3) is 2.48. The molecule has 0 aliphatic rings. The fraction of sp³-hybridized carbons (Fsp3) is 0.0667. The Morgan fingerprint density at radius 2 is 2.00 bits per heavy atom. The molecule has 0 amide bonds. The highest BCUT2D eigenvalue weighted by molar-refractivity contribution is 7.99. The van der Waals surface area contributed by atoms with Gasteiger partial charge in [-0.2, -0.15) is 5.26 Å². The number of aryl methyl sites for hydroxylation is 1. The molecule has 3 aromatic rings. The van der Waals surface area contributed by atoms with E-state index in [0.717, 1.165) is 24.9 Å². The fourth-order valence-electron chi connectivity index (χ4n) is 1.79. The molecule has 0 fully saturated rings. The molecule has 0 aliphatic heterocycles. The summed E-state index contributed by atoms with van der Waals surface area (Å²) in [6.07, 6.45) is 1.80. The van der Waals surface area contributed by atoms with Gasteiger partial charge in [0, 0.05) is 21.2 Å². The molecule has 0 atom stereocenters. The zero-order valence-corrected chi connectivity index (χ0v) is 11.9. The Morgan fingerprint density at radius 1 is 1.21 bits per heavy atom. The Morgan fingerprint density at radius 3 is 2.74 bits per heavy atom.